The van der Waals surface area contributed by atoms with Crippen molar-refractivity contribution in [3.05, 3.63) is 47.5 Å². The van der Waals surface area contributed by atoms with Gasteiger partial charge in [-0.3, -0.25) is 0 Å². The molecule has 0 atom stereocenters. The molecule has 2 aromatic rings. The average molecular weight is 360 g/mol. The van der Waals surface area contributed by atoms with E-state index in [1.54, 1.807) is 27.4 Å². The highest BCUT2D eigenvalue weighted by Gasteiger charge is 2.12. The Hall–Kier alpha value is -2.47. The van der Waals surface area contributed by atoms with Gasteiger partial charge in [0, 0.05) is 23.9 Å². The molecule has 134 valence electrons. The van der Waals surface area contributed by atoms with Crippen LogP contribution in [0.1, 0.15) is 18.1 Å². The minimum absolute atomic E-state index is 0.504. The number of anilines is 1. The maximum atomic E-state index is 5.44. The Morgan fingerprint density at radius 3 is 2.20 bits per heavy atom. The molecule has 5 nitrogen and oxygen atoms in total. The third-order valence-electron chi connectivity index (χ3n) is 3.87. The van der Waals surface area contributed by atoms with Gasteiger partial charge in [-0.15, -0.1) is 0 Å². The molecule has 0 saturated heterocycles. The summed E-state index contributed by atoms with van der Waals surface area (Å²) in [5.74, 6) is 1.98. The van der Waals surface area contributed by atoms with Gasteiger partial charge in [-0.05, 0) is 36.3 Å². The van der Waals surface area contributed by atoms with Gasteiger partial charge < -0.3 is 24.8 Å². The summed E-state index contributed by atoms with van der Waals surface area (Å²) in [6.45, 7) is 2.62. The third kappa shape index (κ3) is 4.76. The standard InChI is InChI=1S/C19H24N2O3S/c1-5-13-8-6-7-9-15(13)21-19(25)20-12-14-10-17(23-3)18(24-4)11-16(14)22-2/h6-11H,5,12H2,1-4H3,(H2,20,21,25). The summed E-state index contributed by atoms with van der Waals surface area (Å²) >= 11 is 5.41. The quantitative estimate of drug-likeness (QED) is 0.733. The Balaban J connectivity index is 2.08. The van der Waals surface area contributed by atoms with E-state index in [1.165, 1.54) is 5.56 Å². The predicted octanol–water partition coefficient (Wildman–Crippen LogP) is 3.76. The number of para-hydroxylation sites is 1. The van der Waals surface area contributed by atoms with E-state index in [4.69, 9.17) is 26.4 Å². The van der Waals surface area contributed by atoms with Gasteiger partial charge in [0.15, 0.2) is 16.6 Å². The Morgan fingerprint density at radius 1 is 0.920 bits per heavy atom. The Kier molecular flexibility index (Phi) is 6.89. The maximum Gasteiger partial charge on any atom is 0.171 e. The van der Waals surface area contributed by atoms with Crippen LogP contribution in [0, 0.1) is 0 Å². The van der Waals surface area contributed by atoms with Gasteiger partial charge in [-0.2, -0.15) is 0 Å². The van der Waals surface area contributed by atoms with Gasteiger partial charge in [0.05, 0.1) is 21.3 Å². The van der Waals surface area contributed by atoms with Gasteiger partial charge in [0.25, 0.3) is 0 Å². The van der Waals surface area contributed by atoms with E-state index < -0.39 is 0 Å². The molecule has 0 spiro atoms. The van der Waals surface area contributed by atoms with Crippen molar-refractivity contribution < 1.29 is 14.2 Å². The minimum Gasteiger partial charge on any atom is -0.496 e. The average Bonchev–Trinajstić information content (AvgIpc) is 2.65. The highest BCUT2D eigenvalue weighted by atomic mass is 32.1. The van der Waals surface area contributed by atoms with E-state index in [1.807, 2.05) is 24.3 Å². The van der Waals surface area contributed by atoms with Crippen LogP contribution in [-0.2, 0) is 13.0 Å². The van der Waals surface area contributed by atoms with Gasteiger partial charge >= 0.3 is 0 Å². The molecular weight excluding hydrogens is 336 g/mol. The molecule has 2 N–H and O–H groups in total. The number of benzene rings is 2. The molecule has 2 rings (SSSR count). The number of rotatable bonds is 7. The molecule has 0 aromatic heterocycles. The van der Waals surface area contributed by atoms with E-state index >= 15 is 0 Å². The highest BCUT2D eigenvalue weighted by molar-refractivity contribution is 7.80. The zero-order chi connectivity index (χ0) is 18.2. The number of hydrogen-bond donors (Lipinski definition) is 2. The van der Waals surface area contributed by atoms with Crippen molar-refractivity contribution in [2.24, 2.45) is 0 Å². The second-order valence-electron chi connectivity index (χ2n) is 5.34. The number of nitrogens with one attached hydrogen (secondary N) is 2. The molecular formula is C19H24N2O3S. The lowest BCUT2D eigenvalue weighted by Crippen LogP contribution is -2.28. The Morgan fingerprint density at radius 2 is 1.56 bits per heavy atom. The number of hydrogen-bond acceptors (Lipinski definition) is 4. The number of ether oxygens (including phenoxy) is 3. The fourth-order valence-corrected chi connectivity index (χ4v) is 2.71. The summed E-state index contributed by atoms with van der Waals surface area (Å²) in [5, 5.41) is 7.00. The van der Waals surface area contributed by atoms with Crippen molar-refractivity contribution in [2.45, 2.75) is 19.9 Å². The smallest absolute Gasteiger partial charge is 0.171 e. The van der Waals surface area contributed by atoms with Crippen LogP contribution in [0.4, 0.5) is 5.69 Å². The molecule has 2 aromatic carbocycles. The lowest BCUT2D eigenvalue weighted by atomic mass is 10.1. The minimum atomic E-state index is 0.504. The van der Waals surface area contributed by atoms with Crippen LogP contribution in [0.3, 0.4) is 0 Å². The second kappa shape index (κ2) is 9.13. The lowest BCUT2D eigenvalue weighted by Gasteiger charge is -2.16. The summed E-state index contributed by atoms with van der Waals surface area (Å²) in [7, 11) is 4.83. The van der Waals surface area contributed by atoms with Crippen molar-refractivity contribution in [3.63, 3.8) is 0 Å². The second-order valence-corrected chi connectivity index (χ2v) is 5.75. The van der Waals surface area contributed by atoms with E-state index in [9.17, 15) is 0 Å². The Bertz CT molecular complexity index is 735. The topological polar surface area (TPSA) is 51.8 Å². The molecule has 25 heavy (non-hydrogen) atoms. The number of methoxy groups -OCH3 is 3. The SMILES string of the molecule is CCc1ccccc1NC(=S)NCc1cc(OC)c(OC)cc1OC. The molecule has 0 saturated carbocycles. The van der Waals surface area contributed by atoms with Crippen LogP contribution >= 0.6 is 12.2 Å². The lowest BCUT2D eigenvalue weighted by molar-refractivity contribution is 0.347. The molecule has 0 aliphatic heterocycles. The summed E-state index contributed by atoms with van der Waals surface area (Å²) < 4.78 is 16.1. The van der Waals surface area contributed by atoms with Crippen molar-refractivity contribution in [1.29, 1.82) is 0 Å². The van der Waals surface area contributed by atoms with Crippen LogP contribution in [0.15, 0.2) is 36.4 Å². The fourth-order valence-electron chi connectivity index (χ4n) is 2.52. The normalized spacial score (nSPS) is 10.1. The summed E-state index contributed by atoms with van der Waals surface area (Å²) in [4.78, 5) is 0. The zero-order valence-corrected chi connectivity index (χ0v) is 15.8. The monoisotopic (exact) mass is 360 g/mol. The third-order valence-corrected chi connectivity index (χ3v) is 4.12. The molecule has 0 radical (unpaired) electrons. The van der Waals surface area contributed by atoms with Crippen LogP contribution in [-0.4, -0.2) is 26.4 Å². The first-order valence-corrected chi connectivity index (χ1v) is 8.45. The summed E-state index contributed by atoms with van der Waals surface area (Å²) in [5.41, 5.74) is 3.16. The summed E-state index contributed by atoms with van der Waals surface area (Å²) in [6, 6.07) is 11.8. The van der Waals surface area contributed by atoms with Crippen LogP contribution in [0.25, 0.3) is 0 Å². The van der Waals surface area contributed by atoms with Crippen molar-refractivity contribution in [1.82, 2.24) is 5.32 Å². The first-order chi connectivity index (χ1) is 12.1. The molecule has 0 fully saturated rings. The van der Waals surface area contributed by atoms with E-state index in [2.05, 4.69) is 23.6 Å². The summed E-state index contributed by atoms with van der Waals surface area (Å²) in [6.07, 6.45) is 0.940. The van der Waals surface area contributed by atoms with Crippen LogP contribution < -0.4 is 24.8 Å². The molecule has 0 unspecified atom stereocenters. The molecule has 0 amide bonds. The first kappa shape index (κ1) is 18.9. The number of thiocarbonyl (C=S) groups is 1. The molecule has 0 aliphatic rings. The first-order valence-electron chi connectivity index (χ1n) is 8.04. The van der Waals surface area contributed by atoms with E-state index in [0.29, 0.717) is 28.9 Å². The van der Waals surface area contributed by atoms with Crippen LogP contribution in [0.2, 0.25) is 0 Å². The van der Waals surface area contributed by atoms with Gasteiger partial charge in [-0.1, -0.05) is 25.1 Å². The predicted molar refractivity (Wildman–Crippen MR) is 105 cm³/mol. The fraction of sp³-hybridized carbons (Fsp3) is 0.316. The van der Waals surface area contributed by atoms with Crippen molar-refractivity contribution in [2.75, 3.05) is 26.6 Å². The van der Waals surface area contributed by atoms with Crippen molar-refractivity contribution in [3.8, 4) is 17.2 Å². The Labute approximate surface area is 154 Å². The zero-order valence-electron chi connectivity index (χ0n) is 15.0. The van der Waals surface area contributed by atoms with E-state index in [0.717, 1.165) is 17.7 Å². The van der Waals surface area contributed by atoms with Gasteiger partial charge in [0.1, 0.15) is 5.75 Å². The highest BCUT2D eigenvalue weighted by Crippen LogP contribution is 2.34. The maximum absolute atomic E-state index is 5.44. The van der Waals surface area contributed by atoms with Crippen LogP contribution in [0.5, 0.6) is 17.2 Å². The largest absolute Gasteiger partial charge is 0.496 e. The molecule has 0 aliphatic carbocycles. The number of aryl methyl sites for hydroxylation is 1. The van der Waals surface area contributed by atoms with Gasteiger partial charge in [0.2, 0.25) is 0 Å². The van der Waals surface area contributed by atoms with E-state index in [-0.39, 0.29) is 0 Å². The molecule has 6 heteroatoms. The van der Waals surface area contributed by atoms with Gasteiger partial charge in [-0.25, -0.2) is 0 Å². The van der Waals surface area contributed by atoms with Crippen molar-refractivity contribution >= 4 is 23.0 Å². The molecule has 0 heterocycles. The molecule has 0 bridgehead atoms.